The van der Waals surface area contributed by atoms with E-state index in [9.17, 15) is 9.59 Å². The van der Waals surface area contributed by atoms with Crippen molar-refractivity contribution in [3.63, 3.8) is 0 Å². The van der Waals surface area contributed by atoms with Gasteiger partial charge in [0.2, 0.25) is 0 Å². The summed E-state index contributed by atoms with van der Waals surface area (Å²) in [5, 5.41) is 0.926. The third-order valence-corrected chi connectivity index (χ3v) is 8.34. The molecular weight excluding hydrogens is 631 g/mol. The summed E-state index contributed by atoms with van der Waals surface area (Å²) in [5.41, 5.74) is 2.74. The Kier molecular flexibility index (Phi) is 8.41. The number of amides is 2. The summed E-state index contributed by atoms with van der Waals surface area (Å²) in [7, 11) is 0. The summed E-state index contributed by atoms with van der Waals surface area (Å²) in [6.45, 7) is 0. The molecule has 4 aromatic carbocycles. The van der Waals surface area contributed by atoms with E-state index < -0.39 is 11.8 Å². The fourth-order valence-corrected chi connectivity index (χ4v) is 5.54. The molecule has 0 saturated heterocycles. The number of aliphatic imine (C=N–C) groups is 2. The maximum atomic E-state index is 13.9. The number of nitrogens with zero attached hydrogens (tertiary/aromatic N) is 4. The van der Waals surface area contributed by atoms with Gasteiger partial charge in [0, 0.05) is 21.2 Å². The number of thiocarbonyl (C=S) groups is 2. The fraction of sp³-hybridized carbons (Fsp3) is 0. The Morgan fingerprint density at radius 2 is 0.886 bits per heavy atom. The third kappa shape index (κ3) is 5.68. The van der Waals surface area contributed by atoms with Crippen molar-refractivity contribution >= 4 is 93.3 Å². The molecule has 214 valence electrons. The van der Waals surface area contributed by atoms with Gasteiger partial charge in [-0.1, -0.05) is 145 Å². The lowest BCUT2D eigenvalue weighted by Gasteiger charge is -2.25. The molecule has 0 bridgehead atoms. The van der Waals surface area contributed by atoms with Gasteiger partial charge in [-0.25, -0.2) is 19.8 Å². The van der Waals surface area contributed by atoms with Gasteiger partial charge < -0.3 is 0 Å². The molecule has 44 heavy (non-hydrogen) atoms. The number of hydrogen-bond acceptors (Lipinski definition) is 6. The van der Waals surface area contributed by atoms with Gasteiger partial charge in [0.25, 0.3) is 11.8 Å². The fourth-order valence-electron chi connectivity index (χ4n) is 4.64. The van der Waals surface area contributed by atoms with Crippen LogP contribution in [0.5, 0.6) is 0 Å². The molecule has 2 aliphatic rings. The molecule has 4 aromatic rings. The second kappa shape index (κ2) is 12.6. The molecular formula is C34H20Cl2N4O2S2. The Labute approximate surface area is 274 Å². The number of halogens is 2. The molecule has 10 heteroatoms. The first-order valence-electron chi connectivity index (χ1n) is 13.3. The summed E-state index contributed by atoms with van der Waals surface area (Å²) >= 11 is 24.5. The first-order valence-corrected chi connectivity index (χ1v) is 14.9. The molecule has 2 aliphatic heterocycles. The van der Waals surface area contributed by atoms with Crippen molar-refractivity contribution in [2.45, 2.75) is 0 Å². The summed E-state index contributed by atoms with van der Waals surface area (Å²) in [6, 6.07) is 32.5. The summed E-state index contributed by atoms with van der Waals surface area (Å²) in [5.74, 6) is -0.462. The Morgan fingerprint density at radius 1 is 0.545 bits per heavy atom. The number of carbonyl (C=O) groups is 2. The standard InChI is InChI=1S/C34H20Cl2N4O2S2/c35-25-17-9-7-15-23(25)19-27-31(41)39(29(37-27)21-11-3-1-4-12-21)33(43)34(44)40-30(22-13-5-2-6-14-22)38-28(32(40)42)20-24-16-8-10-18-26(24)36/h1-20H. The lowest BCUT2D eigenvalue weighted by atomic mass is 10.1. The van der Waals surface area contributed by atoms with Crippen molar-refractivity contribution in [3.8, 4) is 0 Å². The van der Waals surface area contributed by atoms with Crippen LogP contribution in [0.15, 0.2) is 131 Å². The number of carbonyl (C=O) groups excluding carboxylic acids is 2. The summed E-state index contributed by atoms with van der Waals surface area (Å²) < 4.78 is 0. The van der Waals surface area contributed by atoms with Crippen LogP contribution in [0.25, 0.3) is 12.2 Å². The van der Waals surface area contributed by atoms with Gasteiger partial charge in [-0.05, 0) is 35.4 Å². The van der Waals surface area contributed by atoms with Gasteiger partial charge in [-0.3, -0.25) is 9.59 Å². The Balaban J connectivity index is 1.41. The molecule has 6 rings (SSSR count). The molecule has 0 N–H and O–H groups in total. The summed E-state index contributed by atoms with van der Waals surface area (Å²) in [4.78, 5) is 39.5. The lowest BCUT2D eigenvalue weighted by molar-refractivity contribution is -0.121. The van der Waals surface area contributed by atoms with Crippen LogP contribution in [0.3, 0.4) is 0 Å². The van der Waals surface area contributed by atoms with E-state index in [1.165, 1.54) is 9.80 Å². The highest BCUT2D eigenvalue weighted by Gasteiger charge is 2.41. The van der Waals surface area contributed by atoms with Crippen LogP contribution in [0, 0.1) is 0 Å². The third-order valence-electron chi connectivity index (χ3n) is 6.77. The molecule has 2 amide bonds. The van der Waals surface area contributed by atoms with E-state index in [0.29, 0.717) is 32.3 Å². The van der Waals surface area contributed by atoms with Crippen LogP contribution >= 0.6 is 47.6 Å². The average Bonchev–Trinajstić information content (AvgIpc) is 3.55. The molecule has 2 heterocycles. The van der Waals surface area contributed by atoms with Crippen molar-refractivity contribution in [2.24, 2.45) is 9.98 Å². The number of rotatable bonds is 4. The normalized spacial score (nSPS) is 16.5. The SMILES string of the molecule is O=C1C(=Cc2ccccc2Cl)N=C(c2ccccc2)N1C(=S)C(=S)N1C(=O)C(=Cc2ccccc2Cl)N=C1c1ccccc1. The Morgan fingerprint density at radius 3 is 1.25 bits per heavy atom. The first kappa shape index (κ1) is 29.5. The minimum atomic E-state index is -0.507. The minimum Gasteiger partial charge on any atom is -0.266 e. The molecule has 0 spiro atoms. The maximum Gasteiger partial charge on any atom is 0.283 e. The molecule has 0 aromatic heterocycles. The quantitative estimate of drug-likeness (QED) is 0.168. The van der Waals surface area contributed by atoms with Crippen molar-refractivity contribution in [1.82, 2.24) is 9.80 Å². The highest BCUT2D eigenvalue weighted by atomic mass is 35.5. The van der Waals surface area contributed by atoms with Crippen LogP contribution < -0.4 is 0 Å². The molecule has 0 unspecified atom stereocenters. The zero-order chi connectivity index (χ0) is 30.8. The van der Waals surface area contributed by atoms with Crippen LogP contribution in [-0.2, 0) is 9.59 Å². The van der Waals surface area contributed by atoms with Crippen molar-refractivity contribution in [3.05, 3.63) is 153 Å². The number of benzene rings is 4. The van der Waals surface area contributed by atoms with Gasteiger partial charge in [0.05, 0.1) is 0 Å². The minimum absolute atomic E-state index is 0.0777. The van der Waals surface area contributed by atoms with Crippen molar-refractivity contribution in [1.29, 1.82) is 0 Å². The highest BCUT2D eigenvalue weighted by molar-refractivity contribution is 7.89. The van der Waals surface area contributed by atoms with Crippen molar-refractivity contribution < 1.29 is 9.59 Å². The molecule has 6 nitrogen and oxygen atoms in total. The van der Waals surface area contributed by atoms with Crippen LogP contribution in [0.1, 0.15) is 22.3 Å². The number of amidine groups is 2. The predicted octanol–water partition coefficient (Wildman–Crippen LogP) is 7.61. The Bertz CT molecular complexity index is 1830. The topological polar surface area (TPSA) is 65.3 Å². The smallest absolute Gasteiger partial charge is 0.266 e. The van der Waals surface area contributed by atoms with E-state index in [1.807, 2.05) is 72.8 Å². The van der Waals surface area contributed by atoms with Gasteiger partial charge in [-0.15, -0.1) is 0 Å². The second-order valence-corrected chi connectivity index (χ2v) is 11.2. The zero-order valence-electron chi connectivity index (χ0n) is 22.7. The van der Waals surface area contributed by atoms with E-state index in [1.54, 1.807) is 48.6 Å². The van der Waals surface area contributed by atoms with Crippen LogP contribution in [0.4, 0.5) is 0 Å². The van der Waals surface area contributed by atoms with Crippen LogP contribution in [0.2, 0.25) is 10.0 Å². The zero-order valence-corrected chi connectivity index (χ0v) is 25.9. The van der Waals surface area contributed by atoms with Gasteiger partial charge in [0.15, 0.2) is 9.98 Å². The molecule has 0 aliphatic carbocycles. The van der Waals surface area contributed by atoms with Crippen molar-refractivity contribution in [2.75, 3.05) is 0 Å². The lowest BCUT2D eigenvalue weighted by Crippen LogP contribution is -2.49. The highest BCUT2D eigenvalue weighted by Crippen LogP contribution is 2.29. The van der Waals surface area contributed by atoms with Gasteiger partial charge in [0.1, 0.15) is 23.1 Å². The molecule has 0 saturated carbocycles. The van der Waals surface area contributed by atoms with E-state index in [4.69, 9.17) is 47.6 Å². The monoisotopic (exact) mass is 650 g/mol. The predicted molar refractivity (Wildman–Crippen MR) is 184 cm³/mol. The first-order chi connectivity index (χ1) is 21.3. The van der Waals surface area contributed by atoms with E-state index >= 15 is 0 Å². The largest absolute Gasteiger partial charge is 0.283 e. The molecule has 0 fully saturated rings. The van der Waals surface area contributed by atoms with E-state index in [0.717, 1.165) is 0 Å². The summed E-state index contributed by atoms with van der Waals surface area (Å²) in [6.07, 6.45) is 3.20. The van der Waals surface area contributed by atoms with E-state index in [-0.39, 0.29) is 33.0 Å². The van der Waals surface area contributed by atoms with Gasteiger partial charge in [-0.2, -0.15) is 0 Å². The number of hydrogen-bond donors (Lipinski definition) is 0. The maximum absolute atomic E-state index is 13.9. The second-order valence-electron chi connectivity index (χ2n) is 9.60. The average molecular weight is 652 g/mol. The molecule has 0 radical (unpaired) electrons. The Hall–Kier alpha value is -4.60. The van der Waals surface area contributed by atoms with Crippen LogP contribution in [-0.4, -0.2) is 43.3 Å². The van der Waals surface area contributed by atoms with Gasteiger partial charge >= 0.3 is 0 Å². The van der Waals surface area contributed by atoms with E-state index in [2.05, 4.69) is 9.98 Å². The molecule has 0 atom stereocenters.